The molecule has 1 amide bonds. The Morgan fingerprint density at radius 2 is 2.32 bits per heavy atom. The zero-order valence-corrected chi connectivity index (χ0v) is 12.0. The van der Waals surface area contributed by atoms with E-state index in [1.54, 1.807) is 0 Å². The number of thiazole rings is 1. The van der Waals surface area contributed by atoms with E-state index in [0.717, 1.165) is 28.2 Å². The quantitative estimate of drug-likeness (QED) is 0.911. The number of hydrogen-bond donors (Lipinski definition) is 2. The van der Waals surface area contributed by atoms with Crippen LogP contribution in [-0.4, -0.2) is 23.0 Å². The van der Waals surface area contributed by atoms with Crippen LogP contribution in [0.25, 0.3) is 10.2 Å². The maximum atomic E-state index is 11.8. The topological polar surface area (TPSA) is 54.0 Å². The van der Waals surface area contributed by atoms with Crippen LogP contribution in [0.2, 0.25) is 5.02 Å². The van der Waals surface area contributed by atoms with Crippen molar-refractivity contribution in [2.45, 2.75) is 31.8 Å². The van der Waals surface area contributed by atoms with Gasteiger partial charge in [0.25, 0.3) is 0 Å². The average molecular weight is 296 g/mol. The smallest absolute Gasteiger partial charge is 0.242 e. The van der Waals surface area contributed by atoms with Gasteiger partial charge >= 0.3 is 0 Å². The molecule has 1 aromatic carbocycles. The molecule has 1 heterocycles. The lowest BCUT2D eigenvalue weighted by Gasteiger charge is -2.12. The Bertz CT molecular complexity index is 623. The fourth-order valence-electron chi connectivity index (χ4n) is 1.76. The summed E-state index contributed by atoms with van der Waals surface area (Å²) in [5, 5.41) is 7.55. The molecule has 0 radical (unpaired) electrons. The summed E-state index contributed by atoms with van der Waals surface area (Å²) in [5.41, 5.74) is 0.895. The molecule has 1 saturated carbocycles. The summed E-state index contributed by atoms with van der Waals surface area (Å²) in [5.74, 6) is 0.0276. The van der Waals surface area contributed by atoms with Gasteiger partial charge in [-0.1, -0.05) is 22.9 Å². The van der Waals surface area contributed by atoms with E-state index in [2.05, 4.69) is 15.6 Å². The molecule has 1 aromatic heterocycles. The van der Waals surface area contributed by atoms with Gasteiger partial charge in [0.05, 0.1) is 10.2 Å². The van der Waals surface area contributed by atoms with Gasteiger partial charge in [-0.25, -0.2) is 4.98 Å². The van der Waals surface area contributed by atoms with Gasteiger partial charge < -0.3 is 10.6 Å². The number of amides is 1. The number of rotatable bonds is 4. The Morgan fingerprint density at radius 1 is 1.53 bits per heavy atom. The number of anilines is 1. The molecule has 100 valence electrons. The summed E-state index contributed by atoms with van der Waals surface area (Å²) in [6, 6.07) is 5.68. The highest BCUT2D eigenvalue weighted by molar-refractivity contribution is 7.22. The number of halogens is 1. The van der Waals surface area contributed by atoms with Crippen molar-refractivity contribution < 1.29 is 4.79 Å². The first-order valence-corrected chi connectivity index (χ1v) is 7.44. The second-order valence-electron chi connectivity index (χ2n) is 4.78. The molecule has 1 fully saturated rings. The van der Waals surface area contributed by atoms with Gasteiger partial charge in [-0.15, -0.1) is 0 Å². The molecular weight excluding hydrogens is 282 g/mol. The number of hydrogen-bond acceptors (Lipinski definition) is 4. The molecule has 0 bridgehead atoms. The van der Waals surface area contributed by atoms with Gasteiger partial charge in [0.2, 0.25) is 5.91 Å². The number of benzene rings is 1. The number of fused-ring (bicyclic) bond motifs is 1. The summed E-state index contributed by atoms with van der Waals surface area (Å²) in [6.07, 6.45) is 2.19. The summed E-state index contributed by atoms with van der Waals surface area (Å²) >= 11 is 7.45. The van der Waals surface area contributed by atoms with Crippen LogP contribution in [0, 0.1) is 0 Å². The van der Waals surface area contributed by atoms with Crippen LogP contribution in [0.3, 0.4) is 0 Å². The standard InChI is InChI=1S/C13H14ClN3OS/c1-7(12(18)16-9-3-4-9)15-13-17-10-5-2-8(14)6-11(10)19-13/h2,5-7,9H,3-4H2,1H3,(H,15,17)(H,16,18). The number of carbonyl (C=O) groups excluding carboxylic acids is 1. The summed E-state index contributed by atoms with van der Waals surface area (Å²) in [6.45, 7) is 1.84. The van der Waals surface area contributed by atoms with Gasteiger partial charge in [-0.2, -0.15) is 0 Å². The third-order valence-corrected chi connectivity index (χ3v) is 4.19. The fourth-order valence-corrected chi connectivity index (χ4v) is 2.99. The van der Waals surface area contributed by atoms with E-state index in [1.165, 1.54) is 11.3 Å². The molecular formula is C13H14ClN3OS. The van der Waals surface area contributed by atoms with Gasteiger partial charge in [0.15, 0.2) is 5.13 Å². The van der Waals surface area contributed by atoms with Crippen molar-refractivity contribution in [1.29, 1.82) is 0 Å². The minimum atomic E-state index is -0.281. The van der Waals surface area contributed by atoms with E-state index < -0.39 is 0 Å². The normalized spacial score (nSPS) is 16.3. The highest BCUT2D eigenvalue weighted by atomic mass is 35.5. The minimum absolute atomic E-state index is 0.0276. The minimum Gasteiger partial charge on any atom is -0.352 e. The predicted octanol–water partition coefficient (Wildman–Crippen LogP) is 3.03. The summed E-state index contributed by atoms with van der Waals surface area (Å²) in [4.78, 5) is 16.3. The molecule has 19 heavy (non-hydrogen) atoms. The van der Waals surface area contributed by atoms with Crippen molar-refractivity contribution in [3.05, 3.63) is 23.2 Å². The molecule has 3 rings (SSSR count). The SMILES string of the molecule is CC(Nc1nc2ccc(Cl)cc2s1)C(=O)NC1CC1. The Labute approximate surface area is 120 Å². The van der Waals surface area contributed by atoms with Gasteiger partial charge in [0.1, 0.15) is 6.04 Å². The van der Waals surface area contributed by atoms with Crippen LogP contribution in [0.1, 0.15) is 19.8 Å². The van der Waals surface area contributed by atoms with E-state index in [9.17, 15) is 4.79 Å². The van der Waals surface area contributed by atoms with Crippen molar-refractivity contribution >= 4 is 44.2 Å². The van der Waals surface area contributed by atoms with Crippen LogP contribution >= 0.6 is 22.9 Å². The molecule has 1 atom stereocenters. The average Bonchev–Trinajstić information content (AvgIpc) is 3.08. The second-order valence-corrected chi connectivity index (χ2v) is 6.25. The molecule has 1 unspecified atom stereocenters. The Balaban J connectivity index is 1.71. The van der Waals surface area contributed by atoms with E-state index in [-0.39, 0.29) is 11.9 Å². The molecule has 0 aliphatic heterocycles. The lowest BCUT2D eigenvalue weighted by molar-refractivity contribution is -0.121. The summed E-state index contributed by atoms with van der Waals surface area (Å²) in [7, 11) is 0. The molecule has 0 saturated heterocycles. The van der Waals surface area contributed by atoms with Gasteiger partial charge in [-0.3, -0.25) is 4.79 Å². The highest BCUT2D eigenvalue weighted by Gasteiger charge is 2.25. The number of nitrogens with zero attached hydrogens (tertiary/aromatic N) is 1. The molecule has 2 N–H and O–H groups in total. The largest absolute Gasteiger partial charge is 0.352 e. The van der Waals surface area contributed by atoms with Crippen LogP contribution in [0.4, 0.5) is 5.13 Å². The van der Waals surface area contributed by atoms with Crippen molar-refractivity contribution in [2.75, 3.05) is 5.32 Å². The fraction of sp³-hybridized carbons (Fsp3) is 0.385. The summed E-state index contributed by atoms with van der Waals surface area (Å²) < 4.78 is 1.02. The molecule has 2 aromatic rings. The van der Waals surface area contributed by atoms with Crippen molar-refractivity contribution in [1.82, 2.24) is 10.3 Å². The van der Waals surface area contributed by atoms with Crippen LogP contribution in [-0.2, 0) is 4.79 Å². The number of nitrogens with one attached hydrogen (secondary N) is 2. The molecule has 6 heteroatoms. The van der Waals surface area contributed by atoms with Crippen molar-refractivity contribution in [3.63, 3.8) is 0 Å². The molecule has 4 nitrogen and oxygen atoms in total. The van der Waals surface area contributed by atoms with Gasteiger partial charge in [-0.05, 0) is 38.0 Å². The lowest BCUT2D eigenvalue weighted by Crippen LogP contribution is -2.38. The van der Waals surface area contributed by atoms with Crippen molar-refractivity contribution in [2.24, 2.45) is 0 Å². The number of aromatic nitrogens is 1. The van der Waals surface area contributed by atoms with Crippen LogP contribution in [0.15, 0.2) is 18.2 Å². The van der Waals surface area contributed by atoms with E-state index >= 15 is 0 Å². The Kier molecular flexibility index (Phi) is 3.33. The Hall–Kier alpha value is -1.33. The van der Waals surface area contributed by atoms with Crippen molar-refractivity contribution in [3.8, 4) is 0 Å². The van der Waals surface area contributed by atoms with E-state index in [0.29, 0.717) is 11.1 Å². The van der Waals surface area contributed by atoms with Gasteiger partial charge in [0, 0.05) is 11.1 Å². The zero-order valence-electron chi connectivity index (χ0n) is 10.4. The van der Waals surface area contributed by atoms with Crippen LogP contribution in [0.5, 0.6) is 0 Å². The highest BCUT2D eigenvalue weighted by Crippen LogP contribution is 2.28. The third kappa shape index (κ3) is 2.98. The third-order valence-electron chi connectivity index (χ3n) is 3.01. The Morgan fingerprint density at radius 3 is 3.05 bits per heavy atom. The number of carbonyl (C=O) groups is 1. The molecule has 1 aliphatic rings. The maximum Gasteiger partial charge on any atom is 0.242 e. The lowest BCUT2D eigenvalue weighted by atomic mass is 10.3. The van der Waals surface area contributed by atoms with Crippen LogP contribution < -0.4 is 10.6 Å². The maximum absolute atomic E-state index is 11.8. The first-order chi connectivity index (χ1) is 9.11. The molecule has 0 spiro atoms. The first kappa shape index (κ1) is 12.7. The molecule has 1 aliphatic carbocycles. The van der Waals surface area contributed by atoms with E-state index in [1.807, 2.05) is 25.1 Å². The zero-order chi connectivity index (χ0) is 13.4. The van der Waals surface area contributed by atoms with E-state index in [4.69, 9.17) is 11.6 Å². The first-order valence-electron chi connectivity index (χ1n) is 6.25. The monoisotopic (exact) mass is 295 g/mol. The predicted molar refractivity (Wildman–Crippen MR) is 78.9 cm³/mol. The second kappa shape index (κ2) is 4.98.